The molecule has 158 valence electrons. The molecule has 1 aromatic heterocycles. The minimum absolute atomic E-state index is 0.00838. The molecule has 0 spiro atoms. The molecule has 0 fully saturated rings. The third kappa shape index (κ3) is 5.77. The van der Waals surface area contributed by atoms with E-state index < -0.39 is 23.3 Å². The lowest BCUT2D eigenvalue weighted by molar-refractivity contribution is -0.136. The summed E-state index contributed by atoms with van der Waals surface area (Å²) >= 11 is 5.85. The van der Waals surface area contributed by atoms with Gasteiger partial charge in [-0.05, 0) is 48.5 Å². The van der Waals surface area contributed by atoms with E-state index in [2.05, 4.69) is 20.6 Å². The summed E-state index contributed by atoms with van der Waals surface area (Å²) in [5, 5.41) is 14.2. The second-order valence-corrected chi connectivity index (χ2v) is 6.85. The second kappa shape index (κ2) is 9.68. The lowest BCUT2D eigenvalue weighted by Crippen LogP contribution is -2.26. The zero-order chi connectivity index (χ0) is 22.4. The normalized spacial score (nSPS) is 10.4. The van der Waals surface area contributed by atoms with Crippen LogP contribution in [0.3, 0.4) is 0 Å². The number of nitrogens with zero attached hydrogens (tertiary/aromatic N) is 1. The van der Waals surface area contributed by atoms with E-state index in [1.165, 1.54) is 30.5 Å². The summed E-state index contributed by atoms with van der Waals surface area (Å²) in [5.74, 6) is -1.80. The van der Waals surface area contributed by atoms with Crippen molar-refractivity contribution in [1.29, 1.82) is 0 Å². The molecular weight excluding hydrogens is 424 g/mol. The summed E-state index contributed by atoms with van der Waals surface area (Å²) in [6.07, 6.45) is 1.00. The number of hydrogen-bond acceptors (Lipinski definition) is 5. The first-order valence-electron chi connectivity index (χ1n) is 9.10. The lowest BCUT2D eigenvalue weighted by Gasteiger charge is -2.07. The van der Waals surface area contributed by atoms with E-state index in [1.54, 1.807) is 24.3 Å². The van der Waals surface area contributed by atoms with Crippen LogP contribution in [0.15, 0.2) is 59.5 Å². The van der Waals surface area contributed by atoms with Crippen LogP contribution in [0.25, 0.3) is 11.4 Å². The van der Waals surface area contributed by atoms with E-state index in [1.807, 2.05) is 0 Å². The van der Waals surface area contributed by atoms with Gasteiger partial charge in [0, 0.05) is 34.6 Å². The Balaban J connectivity index is 1.66. The van der Waals surface area contributed by atoms with Gasteiger partial charge in [0.25, 0.3) is 17.4 Å². The van der Waals surface area contributed by atoms with E-state index in [0.717, 1.165) is 0 Å². The van der Waals surface area contributed by atoms with Crippen LogP contribution in [0.2, 0.25) is 5.02 Å². The van der Waals surface area contributed by atoms with Crippen LogP contribution in [0.1, 0.15) is 27.1 Å². The summed E-state index contributed by atoms with van der Waals surface area (Å²) in [6.45, 7) is 0.00838. The average molecular weight is 441 g/mol. The Labute approximate surface area is 181 Å². The van der Waals surface area contributed by atoms with Gasteiger partial charge >= 0.3 is 5.97 Å². The van der Waals surface area contributed by atoms with Gasteiger partial charge in [-0.2, -0.15) is 0 Å². The van der Waals surface area contributed by atoms with E-state index in [-0.39, 0.29) is 18.5 Å². The Morgan fingerprint density at radius 3 is 2.29 bits per heavy atom. The molecule has 0 unspecified atom stereocenters. The van der Waals surface area contributed by atoms with Crippen molar-refractivity contribution in [3.63, 3.8) is 0 Å². The van der Waals surface area contributed by atoms with Crippen molar-refractivity contribution < 1.29 is 19.5 Å². The van der Waals surface area contributed by atoms with Gasteiger partial charge in [-0.3, -0.25) is 19.2 Å². The second-order valence-electron chi connectivity index (χ2n) is 6.41. The number of anilines is 1. The van der Waals surface area contributed by atoms with Crippen molar-refractivity contribution in [2.24, 2.45) is 0 Å². The topological polar surface area (TPSA) is 141 Å². The Hall–Kier alpha value is -3.98. The molecule has 10 heteroatoms. The predicted molar refractivity (Wildman–Crippen MR) is 114 cm³/mol. The maximum Gasteiger partial charge on any atom is 0.305 e. The van der Waals surface area contributed by atoms with Gasteiger partial charge in [-0.1, -0.05) is 11.6 Å². The first-order valence-corrected chi connectivity index (χ1v) is 9.48. The smallest absolute Gasteiger partial charge is 0.305 e. The highest BCUT2D eigenvalue weighted by atomic mass is 35.5. The molecule has 0 atom stereocenters. The summed E-state index contributed by atoms with van der Waals surface area (Å²) < 4.78 is 0. The molecular formula is C21H17ClN4O5. The van der Waals surface area contributed by atoms with Gasteiger partial charge in [-0.25, -0.2) is 4.98 Å². The number of benzene rings is 2. The molecule has 0 radical (unpaired) electrons. The maximum absolute atomic E-state index is 12.4. The SMILES string of the molecule is O=C(O)CCNC(=O)c1ccc(NC(=O)c2cnc(-c3ccc(Cl)cc3)[nH]c2=O)cc1. The Morgan fingerprint density at radius 1 is 1.00 bits per heavy atom. The minimum Gasteiger partial charge on any atom is -0.481 e. The zero-order valence-corrected chi connectivity index (χ0v) is 16.8. The highest BCUT2D eigenvalue weighted by Gasteiger charge is 2.14. The number of aliphatic carboxylic acids is 1. The number of aromatic amines is 1. The highest BCUT2D eigenvalue weighted by molar-refractivity contribution is 6.30. The Kier molecular flexibility index (Phi) is 6.78. The molecule has 0 aliphatic carbocycles. The molecule has 31 heavy (non-hydrogen) atoms. The number of carbonyl (C=O) groups is 3. The summed E-state index contributed by atoms with van der Waals surface area (Å²) in [5.41, 5.74) is 0.536. The quantitative estimate of drug-likeness (QED) is 0.445. The van der Waals surface area contributed by atoms with Crippen LogP contribution < -0.4 is 16.2 Å². The summed E-state index contributed by atoms with van der Waals surface area (Å²) in [7, 11) is 0. The van der Waals surface area contributed by atoms with Crippen molar-refractivity contribution in [2.75, 3.05) is 11.9 Å². The van der Waals surface area contributed by atoms with Gasteiger partial charge in [-0.15, -0.1) is 0 Å². The molecule has 3 rings (SSSR count). The first-order chi connectivity index (χ1) is 14.8. The number of hydrogen-bond donors (Lipinski definition) is 4. The standard InChI is InChI=1S/C21H17ClN4O5/c22-14-5-1-12(2-6-14)18-24-11-16(21(31)26-18)20(30)25-15-7-3-13(4-8-15)19(29)23-10-9-17(27)28/h1-8,11H,9-10H2,(H,23,29)(H,25,30)(H,27,28)(H,24,26,31). The molecule has 2 amide bonds. The minimum atomic E-state index is -1.01. The molecule has 0 aliphatic rings. The van der Waals surface area contributed by atoms with Crippen LogP contribution in [-0.4, -0.2) is 39.4 Å². The third-order valence-corrected chi connectivity index (χ3v) is 4.44. The van der Waals surface area contributed by atoms with Gasteiger partial charge in [0.2, 0.25) is 0 Å². The van der Waals surface area contributed by atoms with E-state index in [0.29, 0.717) is 27.7 Å². The summed E-state index contributed by atoms with van der Waals surface area (Å²) in [6, 6.07) is 12.6. The maximum atomic E-state index is 12.4. The predicted octanol–water partition coefficient (Wildman–Crippen LogP) is 2.55. The van der Waals surface area contributed by atoms with E-state index >= 15 is 0 Å². The fourth-order valence-electron chi connectivity index (χ4n) is 2.60. The fourth-order valence-corrected chi connectivity index (χ4v) is 2.73. The van der Waals surface area contributed by atoms with Gasteiger partial charge in [0.1, 0.15) is 11.4 Å². The zero-order valence-electron chi connectivity index (χ0n) is 16.0. The summed E-state index contributed by atoms with van der Waals surface area (Å²) in [4.78, 5) is 53.9. The number of rotatable bonds is 7. The van der Waals surface area contributed by atoms with E-state index in [9.17, 15) is 19.2 Å². The largest absolute Gasteiger partial charge is 0.481 e. The first kappa shape index (κ1) is 21.7. The number of halogens is 1. The molecule has 4 N–H and O–H groups in total. The number of aromatic nitrogens is 2. The van der Waals surface area contributed by atoms with Crippen molar-refractivity contribution in [2.45, 2.75) is 6.42 Å². The molecule has 3 aromatic rings. The van der Waals surface area contributed by atoms with Crippen LogP contribution in [0, 0.1) is 0 Å². The van der Waals surface area contributed by atoms with Gasteiger partial charge in [0.15, 0.2) is 0 Å². The third-order valence-electron chi connectivity index (χ3n) is 4.19. The average Bonchev–Trinajstić information content (AvgIpc) is 2.74. The van der Waals surface area contributed by atoms with Crippen molar-refractivity contribution in [3.05, 3.63) is 81.2 Å². The number of amides is 2. The van der Waals surface area contributed by atoms with Crippen molar-refractivity contribution >= 4 is 35.1 Å². The monoisotopic (exact) mass is 440 g/mol. The molecule has 0 bridgehead atoms. The number of nitrogens with one attached hydrogen (secondary N) is 3. The van der Waals surface area contributed by atoms with E-state index in [4.69, 9.17) is 16.7 Å². The molecule has 1 heterocycles. The van der Waals surface area contributed by atoms with Crippen LogP contribution in [0.4, 0.5) is 5.69 Å². The highest BCUT2D eigenvalue weighted by Crippen LogP contribution is 2.17. The van der Waals surface area contributed by atoms with Gasteiger partial charge < -0.3 is 20.7 Å². The molecule has 0 saturated heterocycles. The van der Waals surface area contributed by atoms with Crippen LogP contribution in [0.5, 0.6) is 0 Å². The number of H-pyrrole nitrogens is 1. The molecule has 0 saturated carbocycles. The number of carboxylic acid groups (broad SMARTS) is 1. The number of carboxylic acids is 1. The Morgan fingerprint density at radius 2 is 1.68 bits per heavy atom. The molecule has 2 aromatic carbocycles. The van der Waals surface area contributed by atoms with Crippen LogP contribution in [-0.2, 0) is 4.79 Å². The van der Waals surface area contributed by atoms with Crippen LogP contribution >= 0.6 is 11.6 Å². The van der Waals surface area contributed by atoms with Gasteiger partial charge in [0.05, 0.1) is 6.42 Å². The fraction of sp³-hybridized carbons (Fsp3) is 0.0952. The van der Waals surface area contributed by atoms with Crippen molar-refractivity contribution in [3.8, 4) is 11.4 Å². The number of carbonyl (C=O) groups excluding carboxylic acids is 2. The molecule has 0 aliphatic heterocycles. The van der Waals surface area contributed by atoms with Crippen molar-refractivity contribution in [1.82, 2.24) is 15.3 Å². The molecule has 9 nitrogen and oxygen atoms in total. The Bertz CT molecular complexity index is 1170. The lowest BCUT2D eigenvalue weighted by atomic mass is 10.2.